The second-order valence-electron chi connectivity index (χ2n) is 2.02. The van der Waals surface area contributed by atoms with E-state index in [9.17, 15) is 0 Å². The lowest BCUT2D eigenvalue weighted by atomic mass is 10.6. The molecule has 3 heteroatoms. The van der Waals surface area contributed by atoms with Crippen molar-refractivity contribution in [2.24, 2.45) is 0 Å². The van der Waals surface area contributed by atoms with E-state index in [0.29, 0.717) is 0 Å². The van der Waals surface area contributed by atoms with Gasteiger partial charge in [-0.3, -0.25) is 0 Å². The minimum absolute atomic E-state index is 0.948. The summed E-state index contributed by atoms with van der Waals surface area (Å²) in [6.07, 6.45) is 1.07. The Balaban J connectivity index is 3.15. The van der Waals surface area contributed by atoms with Gasteiger partial charge >= 0.3 is 0 Å². The van der Waals surface area contributed by atoms with E-state index in [-0.39, 0.29) is 0 Å². The summed E-state index contributed by atoms with van der Waals surface area (Å²) in [5.41, 5.74) is 0. The average Bonchev–Trinajstić information content (AvgIpc) is 1.30. The first-order valence-electron chi connectivity index (χ1n) is 2.53. The SMILES string of the molecule is CCC[Si](C)(O)[Si]. The molecule has 41 valence electrons. The quantitative estimate of drug-likeness (QED) is 0.545. The Hall–Kier alpha value is 0.394. The van der Waals surface area contributed by atoms with Gasteiger partial charge in [0.1, 0.15) is 0 Å². The van der Waals surface area contributed by atoms with Crippen LogP contribution in [0.15, 0.2) is 0 Å². The van der Waals surface area contributed by atoms with Crippen molar-refractivity contribution in [3.05, 3.63) is 0 Å². The lowest BCUT2D eigenvalue weighted by Crippen LogP contribution is -2.29. The summed E-state index contributed by atoms with van der Waals surface area (Å²) in [4.78, 5) is 9.07. The molecule has 0 aromatic rings. The first-order valence-corrected chi connectivity index (χ1v) is 6.69. The van der Waals surface area contributed by atoms with E-state index in [2.05, 4.69) is 16.7 Å². The van der Waals surface area contributed by atoms with Gasteiger partial charge in [-0.25, -0.2) is 0 Å². The van der Waals surface area contributed by atoms with Crippen LogP contribution in [0, 0.1) is 0 Å². The molecule has 0 bridgehead atoms. The highest BCUT2D eigenvalue weighted by Crippen LogP contribution is 2.01. The van der Waals surface area contributed by atoms with Gasteiger partial charge in [-0.15, -0.1) is 0 Å². The fourth-order valence-corrected chi connectivity index (χ4v) is 2.21. The Morgan fingerprint density at radius 3 is 2.14 bits per heavy atom. The lowest BCUT2D eigenvalue weighted by molar-refractivity contribution is 0.563. The van der Waals surface area contributed by atoms with E-state index in [1.807, 2.05) is 6.55 Å². The molecular formula is C4H11OSi2. The molecule has 1 nitrogen and oxygen atoms in total. The monoisotopic (exact) mass is 131 g/mol. The molecule has 0 aromatic heterocycles. The van der Waals surface area contributed by atoms with E-state index in [1.54, 1.807) is 0 Å². The second kappa shape index (κ2) is 2.64. The maximum absolute atomic E-state index is 9.07. The van der Waals surface area contributed by atoms with Crippen LogP contribution in [0.4, 0.5) is 0 Å². The third-order valence-corrected chi connectivity index (χ3v) is 2.96. The fourth-order valence-electron chi connectivity index (χ4n) is 0.487. The van der Waals surface area contributed by atoms with Crippen LogP contribution in [0.1, 0.15) is 13.3 Å². The summed E-state index contributed by atoms with van der Waals surface area (Å²) in [5, 5.41) is 0. The van der Waals surface area contributed by atoms with Crippen molar-refractivity contribution < 1.29 is 4.80 Å². The Morgan fingerprint density at radius 1 is 1.71 bits per heavy atom. The van der Waals surface area contributed by atoms with Gasteiger partial charge in [-0.2, -0.15) is 0 Å². The molecule has 1 atom stereocenters. The van der Waals surface area contributed by atoms with Crippen LogP contribution < -0.4 is 0 Å². The molecule has 0 heterocycles. The maximum atomic E-state index is 9.07. The first-order chi connectivity index (χ1) is 3.06. The number of hydrogen-bond donors (Lipinski definition) is 1. The van der Waals surface area contributed by atoms with Gasteiger partial charge in [0.05, 0.1) is 9.76 Å². The summed E-state index contributed by atoms with van der Waals surface area (Å²) in [6, 6.07) is 0.948. The van der Waals surface area contributed by atoms with Gasteiger partial charge in [0, 0.05) is 0 Å². The minimum Gasteiger partial charge on any atom is -0.435 e. The Kier molecular flexibility index (Phi) is 2.79. The van der Waals surface area contributed by atoms with Crippen LogP contribution in [0.2, 0.25) is 12.6 Å². The topological polar surface area (TPSA) is 20.2 Å². The smallest absolute Gasteiger partial charge is 0.163 e. The van der Waals surface area contributed by atoms with Gasteiger partial charge in [0.2, 0.25) is 0 Å². The molecule has 0 aliphatic carbocycles. The maximum Gasteiger partial charge on any atom is 0.163 e. The minimum atomic E-state index is -1.85. The zero-order chi connectivity index (χ0) is 5.91. The van der Waals surface area contributed by atoms with Crippen LogP contribution >= 0.6 is 0 Å². The third-order valence-electron chi connectivity index (χ3n) is 0.737. The van der Waals surface area contributed by atoms with Crippen LogP contribution in [0.3, 0.4) is 0 Å². The molecule has 0 aliphatic heterocycles. The van der Waals surface area contributed by atoms with Gasteiger partial charge in [-0.1, -0.05) is 13.3 Å². The van der Waals surface area contributed by atoms with E-state index in [4.69, 9.17) is 4.80 Å². The molecule has 0 rings (SSSR count). The molecule has 1 N–H and O–H groups in total. The average molecular weight is 131 g/mol. The van der Waals surface area contributed by atoms with Crippen molar-refractivity contribution in [2.75, 3.05) is 0 Å². The number of hydrogen-bond acceptors (Lipinski definition) is 1. The Bertz CT molecular complexity index is 48.1. The summed E-state index contributed by atoms with van der Waals surface area (Å²) in [7, 11) is 1.43. The first kappa shape index (κ1) is 7.39. The second-order valence-corrected chi connectivity index (χ2v) is 8.30. The molecule has 0 aromatic carbocycles. The molecule has 0 saturated carbocycles. The normalized spacial score (nSPS) is 18.9. The van der Waals surface area contributed by atoms with E-state index < -0.39 is 7.83 Å². The Labute approximate surface area is 49.1 Å². The van der Waals surface area contributed by atoms with Crippen LogP contribution in [0.25, 0.3) is 0 Å². The van der Waals surface area contributed by atoms with Gasteiger partial charge in [0.15, 0.2) is 7.83 Å². The molecule has 7 heavy (non-hydrogen) atoms. The lowest BCUT2D eigenvalue weighted by Gasteiger charge is -2.10. The van der Waals surface area contributed by atoms with E-state index >= 15 is 0 Å². The highest BCUT2D eigenvalue weighted by atomic mass is 29.2. The van der Waals surface area contributed by atoms with Gasteiger partial charge in [-0.05, 0) is 12.6 Å². The van der Waals surface area contributed by atoms with Crippen molar-refractivity contribution in [3.8, 4) is 0 Å². The largest absolute Gasteiger partial charge is 0.435 e. The molecule has 0 spiro atoms. The van der Waals surface area contributed by atoms with E-state index in [1.165, 1.54) is 0 Å². The summed E-state index contributed by atoms with van der Waals surface area (Å²) in [6.45, 7) is 3.95. The van der Waals surface area contributed by atoms with Crippen molar-refractivity contribution in [1.82, 2.24) is 0 Å². The third kappa shape index (κ3) is 6.39. The zero-order valence-electron chi connectivity index (χ0n) is 4.86. The highest BCUT2D eigenvalue weighted by molar-refractivity contribution is 7.11. The summed E-state index contributed by atoms with van der Waals surface area (Å²) in [5.74, 6) is 0. The fraction of sp³-hybridized carbons (Fsp3) is 1.00. The van der Waals surface area contributed by atoms with Crippen molar-refractivity contribution in [2.45, 2.75) is 25.9 Å². The molecule has 0 amide bonds. The van der Waals surface area contributed by atoms with Gasteiger partial charge < -0.3 is 4.80 Å². The number of rotatable bonds is 2. The molecule has 0 aliphatic rings. The Morgan fingerprint density at radius 2 is 2.14 bits per heavy atom. The van der Waals surface area contributed by atoms with E-state index in [0.717, 1.165) is 12.5 Å². The summed E-state index contributed by atoms with van der Waals surface area (Å²) < 4.78 is 0. The van der Waals surface area contributed by atoms with Gasteiger partial charge in [0.25, 0.3) is 0 Å². The molecule has 0 fully saturated rings. The predicted octanol–water partition coefficient (Wildman–Crippen LogP) is 0.629. The predicted molar refractivity (Wildman–Crippen MR) is 34.7 cm³/mol. The van der Waals surface area contributed by atoms with Crippen molar-refractivity contribution in [3.63, 3.8) is 0 Å². The molecule has 1 unspecified atom stereocenters. The van der Waals surface area contributed by atoms with Crippen LogP contribution in [0.5, 0.6) is 0 Å². The summed E-state index contributed by atoms with van der Waals surface area (Å²) >= 11 is 0. The van der Waals surface area contributed by atoms with Crippen LogP contribution in [-0.2, 0) is 0 Å². The zero-order valence-corrected chi connectivity index (χ0v) is 6.86. The standard InChI is InChI=1S/C4H11OSi2/c1-3-4-7(2,5)6/h5H,3-4H2,1-2H3. The van der Waals surface area contributed by atoms with Crippen molar-refractivity contribution in [1.29, 1.82) is 0 Å². The highest BCUT2D eigenvalue weighted by Gasteiger charge is 2.13. The molecule has 3 radical (unpaired) electrons. The molecular weight excluding hydrogens is 120 g/mol. The molecule has 0 saturated heterocycles. The van der Waals surface area contributed by atoms with Crippen LogP contribution in [-0.4, -0.2) is 22.4 Å². The van der Waals surface area contributed by atoms with Crippen molar-refractivity contribution >= 4 is 17.6 Å².